The van der Waals surface area contributed by atoms with Crippen molar-refractivity contribution < 1.29 is 22.4 Å². The quantitative estimate of drug-likeness (QED) is 0.711. The Morgan fingerprint density at radius 3 is 2.63 bits per heavy atom. The summed E-state index contributed by atoms with van der Waals surface area (Å²) in [7, 11) is -3.04. The van der Waals surface area contributed by atoms with Crippen molar-refractivity contribution in [3.8, 4) is 0 Å². The summed E-state index contributed by atoms with van der Waals surface area (Å²) in [5.74, 6) is 0.662. The summed E-state index contributed by atoms with van der Waals surface area (Å²) in [4.78, 5) is 30.9. The first-order valence-electron chi connectivity index (χ1n) is 9.45. The van der Waals surface area contributed by atoms with E-state index >= 15 is 0 Å². The summed E-state index contributed by atoms with van der Waals surface area (Å²) in [6.07, 6.45) is 2.34. The summed E-state index contributed by atoms with van der Waals surface area (Å²) in [5.41, 5.74) is 0. The third kappa shape index (κ3) is 4.03. The van der Waals surface area contributed by atoms with Crippen LogP contribution < -0.4 is 0 Å². The minimum atomic E-state index is -3.04. The van der Waals surface area contributed by atoms with E-state index < -0.39 is 9.84 Å². The average molecular weight is 395 g/mol. The van der Waals surface area contributed by atoms with E-state index in [9.17, 15) is 18.0 Å². The Hall–Kier alpha value is -1.87. The van der Waals surface area contributed by atoms with E-state index in [-0.39, 0.29) is 41.7 Å². The smallest absolute Gasteiger partial charge is 0.228 e. The van der Waals surface area contributed by atoms with E-state index in [2.05, 4.69) is 4.90 Å². The van der Waals surface area contributed by atoms with Gasteiger partial charge in [-0.15, -0.1) is 0 Å². The van der Waals surface area contributed by atoms with E-state index in [1.807, 2.05) is 17.0 Å². The molecule has 4 rings (SSSR count). The Morgan fingerprint density at radius 2 is 2.00 bits per heavy atom. The molecule has 0 spiro atoms. The van der Waals surface area contributed by atoms with E-state index in [0.29, 0.717) is 26.1 Å². The zero-order valence-corrected chi connectivity index (χ0v) is 16.1. The van der Waals surface area contributed by atoms with Crippen molar-refractivity contribution in [1.29, 1.82) is 0 Å². The van der Waals surface area contributed by atoms with Crippen LogP contribution in [0, 0.1) is 5.92 Å². The zero-order chi connectivity index (χ0) is 19.0. The maximum atomic E-state index is 12.8. The van der Waals surface area contributed by atoms with Gasteiger partial charge in [-0.2, -0.15) is 0 Å². The van der Waals surface area contributed by atoms with Crippen LogP contribution in [0.2, 0.25) is 0 Å². The number of likely N-dealkylation sites (tertiary alicyclic amines) is 1. The zero-order valence-electron chi connectivity index (χ0n) is 15.2. The van der Waals surface area contributed by atoms with Gasteiger partial charge < -0.3 is 14.2 Å². The Kier molecular flexibility index (Phi) is 4.98. The fraction of sp³-hybridized carbons (Fsp3) is 0.667. The summed E-state index contributed by atoms with van der Waals surface area (Å²) >= 11 is 0. The topological polar surface area (TPSA) is 91.1 Å². The molecule has 4 heterocycles. The Balaban J connectivity index is 1.29. The number of nitrogens with zero attached hydrogens (tertiary/aromatic N) is 3. The second kappa shape index (κ2) is 7.27. The Bertz CT molecular complexity index is 799. The van der Waals surface area contributed by atoms with Crippen LogP contribution in [0.25, 0.3) is 0 Å². The number of carbonyl (C=O) groups is 2. The van der Waals surface area contributed by atoms with Gasteiger partial charge in [0.15, 0.2) is 9.84 Å². The number of piperazine rings is 1. The SMILES string of the molecule is O=C([C@@H]1CC(=O)N([C@@H]2CCS(=O)(=O)C2)C1)N1CCN(Cc2ccco2)CC1. The number of hydrogen-bond donors (Lipinski definition) is 0. The van der Waals surface area contributed by atoms with E-state index in [1.54, 1.807) is 11.2 Å². The Labute approximate surface area is 159 Å². The van der Waals surface area contributed by atoms with Crippen LogP contribution in [0.4, 0.5) is 0 Å². The molecule has 0 N–H and O–H groups in total. The minimum Gasteiger partial charge on any atom is -0.468 e. The second-order valence-electron chi connectivity index (χ2n) is 7.68. The van der Waals surface area contributed by atoms with Gasteiger partial charge in [-0.25, -0.2) is 8.42 Å². The normalized spacial score (nSPS) is 28.8. The molecule has 3 fully saturated rings. The molecule has 1 aromatic rings. The molecule has 0 radical (unpaired) electrons. The monoisotopic (exact) mass is 395 g/mol. The number of furan rings is 1. The third-order valence-electron chi connectivity index (χ3n) is 5.80. The highest BCUT2D eigenvalue weighted by Crippen LogP contribution is 2.27. The molecular weight excluding hydrogens is 370 g/mol. The second-order valence-corrected chi connectivity index (χ2v) is 9.91. The lowest BCUT2D eigenvalue weighted by Crippen LogP contribution is -2.50. The Morgan fingerprint density at radius 1 is 1.22 bits per heavy atom. The molecule has 9 heteroatoms. The maximum Gasteiger partial charge on any atom is 0.228 e. The van der Waals surface area contributed by atoms with Crippen molar-refractivity contribution in [3.63, 3.8) is 0 Å². The van der Waals surface area contributed by atoms with E-state index in [0.717, 1.165) is 25.4 Å². The summed E-state index contributed by atoms with van der Waals surface area (Å²) in [6, 6.07) is 3.55. The number of rotatable bonds is 4. The van der Waals surface area contributed by atoms with Gasteiger partial charge in [0.25, 0.3) is 0 Å². The number of sulfone groups is 1. The number of amides is 2. The van der Waals surface area contributed by atoms with Gasteiger partial charge in [0, 0.05) is 45.2 Å². The third-order valence-corrected chi connectivity index (χ3v) is 7.55. The van der Waals surface area contributed by atoms with Crippen LogP contribution >= 0.6 is 0 Å². The highest BCUT2D eigenvalue weighted by Gasteiger charge is 2.43. The van der Waals surface area contributed by atoms with Gasteiger partial charge in [-0.05, 0) is 18.6 Å². The van der Waals surface area contributed by atoms with Gasteiger partial charge in [-0.3, -0.25) is 14.5 Å². The summed E-state index contributed by atoms with van der Waals surface area (Å²) in [5, 5.41) is 0. The lowest BCUT2D eigenvalue weighted by molar-refractivity contribution is -0.137. The predicted octanol–water partition coefficient (Wildman–Crippen LogP) is -0.0406. The van der Waals surface area contributed by atoms with Crippen LogP contribution in [0.5, 0.6) is 0 Å². The minimum absolute atomic E-state index is 0.0179. The van der Waals surface area contributed by atoms with Crippen molar-refractivity contribution in [3.05, 3.63) is 24.2 Å². The van der Waals surface area contributed by atoms with Crippen LogP contribution in [-0.2, 0) is 26.0 Å². The molecule has 2 atom stereocenters. The van der Waals surface area contributed by atoms with Gasteiger partial charge >= 0.3 is 0 Å². The summed E-state index contributed by atoms with van der Waals surface area (Å²) < 4.78 is 28.7. The van der Waals surface area contributed by atoms with Crippen LogP contribution in [0.1, 0.15) is 18.6 Å². The molecule has 2 amide bonds. The molecule has 0 bridgehead atoms. The highest BCUT2D eigenvalue weighted by molar-refractivity contribution is 7.91. The molecule has 0 aromatic carbocycles. The fourth-order valence-corrected chi connectivity index (χ4v) is 6.01. The lowest BCUT2D eigenvalue weighted by atomic mass is 10.1. The van der Waals surface area contributed by atoms with Gasteiger partial charge in [0.05, 0.1) is 30.2 Å². The largest absolute Gasteiger partial charge is 0.468 e. The number of carbonyl (C=O) groups excluding carboxylic acids is 2. The molecule has 27 heavy (non-hydrogen) atoms. The van der Waals surface area contributed by atoms with E-state index in [1.165, 1.54) is 0 Å². The van der Waals surface area contributed by atoms with Crippen molar-refractivity contribution in [2.45, 2.75) is 25.4 Å². The van der Waals surface area contributed by atoms with Gasteiger partial charge in [0.1, 0.15) is 5.76 Å². The van der Waals surface area contributed by atoms with Gasteiger partial charge in [0.2, 0.25) is 11.8 Å². The van der Waals surface area contributed by atoms with Crippen molar-refractivity contribution in [2.24, 2.45) is 5.92 Å². The van der Waals surface area contributed by atoms with Crippen molar-refractivity contribution in [2.75, 3.05) is 44.2 Å². The van der Waals surface area contributed by atoms with Crippen LogP contribution in [0.15, 0.2) is 22.8 Å². The molecule has 0 aliphatic carbocycles. The average Bonchev–Trinajstić information content (AvgIpc) is 3.35. The molecule has 3 aliphatic rings. The molecule has 8 nitrogen and oxygen atoms in total. The molecule has 3 aliphatic heterocycles. The standard InChI is InChI=1S/C18H25N3O5S/c22-17-10-14(11-21(17)15-3-9-27(24,25)13-15)18(23)20-6-4-19(5-7-20)12-16-2-1-8-26-16/h1-2,8,14-15H,3-7,9-13H2/t14-,15-/m1/s1. The molecule has 0 saturated carbocycles. The molecular formula is C18H25N3O5S. The van der Waals surface area contributed by atoms with Gasteiger partial charge in [-0.1, -0.05) is 0 Å². The molecule has 148 valence electrons. The lowest BCUT2D eigenvalue weighted by Gasteiger charge is -2.35. The van der Waals surface area contributed by atoms with Crippen molar-refractivity contribution in [1.82, 2.24) is 14.7 Å². The predicted molar refractivity (Wildman–Crippen MR) is 97.4 cm³/mol. The van der Waals surface area contributed by atoms with Crippen LogP contribution in [0.3, 0.4) is 0 Å². The summed E-state index contributed by atoms with van der Waals surface area (Å²) in [6.45, 7) is 3.92. The highest BCUT2D eigenvalue weighted by atomic mass is 32.2. The van der Waals surface area contributed by atoms with Crippen LogP contribution in [-0.4, -0.2) is 85.2 Å². The maximum absolute atomic E-state index is 12.8. The first kappa shape index (κ1) is 18.5. The van der Waals surface area contributed by atoms with Crippen molar-refractivity contribution >= 4 is 21.7 Å². The molecule has 3 saturated heterocycles. The molecule has 1 aromatic heterocycles. The first-order valence-corrected chi connectivity index (χ1v) is 11.3. The first-order chi connectivity index (χ1) is 12.9. The fourth-order valence-electron chi connectivity index (χ4n) is 4.28. The molecule has 0 unspecified atom stereocenters. The van der Waals surface area contributed by atoms with E-state index in [4.69, 9.17) is 4.42 Å². The number of hydrogen-bond acceptors (Lipinski definition) is 6.